The second-order valence-corrected chi connectivity index (χ2v) is 7.23. The lowest BCUT2D eigenvalue weighted by atomic mass is 10.1. The summed E-state index contributed by atoms with van der Waals surface area (Å²) in [5.74, 6) is -0.504. The quantitative estimate of drug-likeness (QED) is 0.751. The first-order chi connectivity index (χ1) is 14.0. The van der Waals surface area contributed by atoms with Crippen LogP contribution in [0.4, 0.5) is 10.1 Å². The summed E-state index contributed by atoms with van der Waals surface area (Å²) < 4.78 is 13.2. The van der Waals surface area contributed by atoms with Crippen molar-refractivity contribution in [3.8, 4) is 0 Å². The molecule has 3 rings (SSSR count). The molecule has 0 aromatic heterocycles. The zero-order valence-electron chi connectivity index (χ0n) is 16.6. The zero-order chi connectivity index (χ0) is 20.6. The van der Waals surface area contributed by atoms with Crippen LogP contribution < -0.4 is 10.6 Å². The predicted octanol–water partition coefficient (Wildman–Crippen LogP) is 2.26. The highest BCUT2D eigenvalue weighted by molar-refractivity contribution is 5.92. The highest BCUT2D eigenvalue weighted by Crippen LogP contribution is 2.12. The van der Waals surface area contributed by atoms with E-state index in [-0.39, 0.29) is 36.8 Å². The summed E-state index contributed by atoms with van der Waals surface area (Å²) in [6.45, 7) is 5.00. The molecular weight excluding hydrogens is 371 g/mol. The fourth-order valence-electron chi connectivity index (χ4n) is 3.34. The smallest absolute Gasteiger partial charge is 0.238 e. The van der Waals surface area contributed by atoms with Gasteiger partial charge in [-0.05, 0) is 30.7 Å². The molecule has 7 heteroatoms. The summed E-state index contributed by atoms with van der Waals surface area (Å²) in [5.41, 5.74) is 1.59. The molecule has 2 aromatic rings. The van der Waals surface area contributed by atoms with Gasteiger partial charge in [0.2, 0.25) is 11.8 Å². The third-order valence-corrected chi connectivity index (χ3v) is 5.06. The molecule has 2 N–H and O–H groups in total. The minimum absolute atomic E-state index is 0.0663. The average molecular weight is 398 g/mol. The van der Waals surface area contributed by atoms with E-state index in [1.165, 1.54) is 12.1 Å². The number of amides is 2. The highest BCUT2D eigenvalue weighted by Gasteiger charge is 2.22. The van der Waals surface area contributed by atoms with E-state index >= 15 is 0 Å². The lowest BCUT2D eigenvalue weighted by Crippen LogP contribution is -2.52. The van der Waals surface area contributed by atoms with Crippen LogP contribution in [-0.4, -0.2) is 60.9 Å². The Kier molecular flexibility index (Phi) is 7.32. The van der Waals surface area contributed by atoms with Crippen LogP contribution in [0.25, 0.3) is 0 Å². The van der Waals surface area contributed by atoms with Gasteiger partial charge in [0.25, 0.3) is 0 Å². The Bertz CT molecular complexity index is 823. The van der Waals surface area contributed by atoms with Crippen LogP contribution >= 0.6 is 0 Å². The summed E-state index contributed by atoms with van der Waals surface area (Å²) in [6, 6.07) is 16.0. The first-order valence-corrected chi connectivity index (χ1v) is 9.85. The van der Waals surface area contributed by atoms with E-state index in [4.69, 9.17) is 0 Å². The maximum absolute atomic E-state index is 13.2. The molecule has 2 aromatic carbocycles. The Morgan fingerprint density at radius 2 is 1.76 bits per heavy atom. The zero-order valence-corrected chi connectivity index (χ0v) is 16.6. The fourth-order valence-corrected chi connectivity index (χ4v) is 3.34. The van der Waals surface area contributed by atoms with E-state index in [0.717, 1.165) is 5.56 Å². The SMILES string of the molecule is C[C@@H](NCC(=O)N1CCN(CC(=O)Nc2cccc(F)c2)CC1)c1ccccc1. The van der Waals surface area contributed by atoms with Gasteiger partial charge in [-0.2, -0.15) is 0 Å². The first kappa shape index (κ1) is 21.0. The number of carbonyl (C=O) groups is 2. The van der Waals surface area contributed by atoms with Gasteiger partial charge in [0.05, 0.1) is 13.1 Å². The Labute approximate surface area is 170 Å². The van der Waals surface area contributed by atoms with Crippen molar-refractivity contribution in [2.45, 2.75) is 13.0 Å². The van der Waals surface area contributed by atoms with E-state index in [1.807, 2.05) is 47.1 Å². The van der Waals surface area contributed by atoms with Gasteiger partial charge in [-0.15, -0.1) is 0 Å². The molecule has 154 valence electrons. The molecule has 0 saturated carbocycles. The van der Waals surface area contributed by atoms with E-state index < -0.39 is 0 Å². The highest BCUT2D eigenvalue weighted by atomic mass is 19.1. The number of hydrogen-bond donors (Lipinski definition) is 2. The third-order valence-electron chi connectivity index (χ3n) is 5.06. The lowest BCUT2D eigenvalue weighted by molar-refractivity contribution is -0.132. The number of carbonyl (C=O) groups excluding carboxylic acids is 2. The molecular formula is C22H27FN4O2. The Morgan fingerprint density at radius 1 is 1.03 bits per heavy atom. The monoisotopic (exact) mass is 398 g/mol. The van der Waals surface area contributed by atoms with Crippen LogP contribution in [0.5, 0.6) is 0 Å². The van der Waals surface area contributed by atoms with Crippen LogP contribution in [-0.2, 0) is 9.59 Å². The second-order valence-electron chi connectivity index (χ2n) is 7.23. The molecule has 1 atom stereocenters. The summed E-state index contributed by atoms with van der Waals surface area (Å²) in [5, 5.41) is 5.97. The summed E-state index contributed by atoms with van der Waals surface area (Å²) in [7, 11) is 0. The maximum Gasteiger partial charge on any atom is 0.238 e. The van der Waals surface area contributed by atoms with Crippen molar-refractivity contribution in [1.82, 2.24) is 15.1 Å². The van der Waals surface area contributed by atoms with Gasteiger partial charge in [0, 0.05) is 37.9 Å². The molecule has 0 unspecified atom stereocenters. The topological polar surface area (TPSA) is 64.7 Å². The minimum Gasteiger partial charge on any atom is -0.339 e. The normalized spacial score (nSPS) is 15.7. The van der Waals surface area contributed by atoms with Gasteiger partial charge in [0.1, 0.15) is 5.82 Å². The van der Waals surface area contributed by atoms with Crippen LogP contribution in [0.2, 0.25) is 0 Å². The van der Waals surface area contributed by atoms with Gasteiger partial charge in [-0.25, -0.2) is 4.39 Å². The number of piperazine rings is 1. The second kappa shape index (κ2) is 10.1. The maximum atomic E-state index is 13.2. The van der Waals surface area contributed by atoms with Gasteiger partial charge < -0.3 is 15.5 Å². The molecule has 0 radical (unpaired) electrons. The number of hydrogen-bond acceptors (Lipinski definition) is 4. The number of nitrogens with zero attached hydrogens (tertiary/aromatic N) is 2. The van der Waals surface area contributed by atoms with Crippen LogP contribution in [0.3, 0.4) is 0 Å². The van der Waals surface area contributed by atoms with Gasteiger partial charge in [0.15, 0.2) is 0 Å². The number of halogens is 1. The van der Waals surface area contributed by atoms with Gasteiger partial charge in [-0.3, -0.25) is 14.5 Å². The number of nitrogens with one attached hydrogen (secondary N) is 2. The Balaban J connectivity index is 1.38. The van der Waals surface area contributed by atoms with E-state index in [1.54, 1.807) is 12.1 Å². The number of rotatable bonds is 7. The number of anilines is 1. The van der Waals surface area contributed by atoms with Crippen LogP contribution in [0.15, 0.2) is 54.6 Å². The predicted molar refractivity (Wildman–Crippen MR) is 111 cm³/mol. The van der Waals surface area contributed by atoms with Gasteiger partial charge >= 0.3 is 0 Å². The van der Waals surface area contributed by atoms with Crippen molar-refractivity contribution in [3.05, 3.63) is 66.0 Å². The van der Waals surface area contributed by atoms with Gasteiger partial charge in [-0.1, -0.05) is 36.4 Å². The number of benzene rings is 2. The van der Waals surface area contributed by atoms with Crippen molar-refractivity contribution < 1.29 is 14.0 Å². The third kappa shape index (κ3) is 6.37. The van der Waals surface area contributed by atoms with Crippen molar-refractivity contribution in [2.24, 2.45) is 0 Å². The molecule has 1 heterocycles. The van der Waals surface area contributed by atoms with Crippen LogP contribution in [0, 0.1) is 5.82 Å². The summed E-state index contributed by atoms with van der Waals surface area (Å²) >= 11 is 0. The van der Waals surface area contributed by atoms with E-state index in [2.05, 4.69) is 10.6 Å². The molecule has 1 saturated heterocycles. The van der Waals surface area contributed by atoms with Crippen LogP contribution in [0.1, 0.15) is 18.5 Å². The van der Waals surface area contributed by atoms with E-state index in [0.29, 0.717) is 31.9 Å². The molecule has 0 bridgehead atoms. The molecule has 0 spiro atoms. The average Bonchev–Trinajstić information content (AvgIpc) is 2.73. The Morgan fingerprint density at radius 3 is 2.45 bits per heavy atom. The van der Waals surface area contributed by atoms with Crippen molar-refractivity contribution in [2.75, 3.05) is 44.6 Å². The van der Waals surface area contributed by atoms with Crippen molar-refractivity contribution >= 4 is 17.5 Å². The lowest BCUT2D eigenvalue weighted by Gasteiger charge is -2.34. The molecule has 2 amide bonds. The Hall–Kier alpha value is -2.77. The fraction of sp³-hybridized carbons (Fsp3) is 0.364. The molecule has 1 aliphatic heterocycles. The molecule has 1 aliphatic rings. The molecule has 6 nitrogen and oxygen atoms in total. The molecule has 1 fully saturated rings. The largest absolute Gasteiger partial charge is 0.339 e. The molecule has 29 heavy (non-hydrogen) atoms. The first-order valence-electron chi connectivity index (χ1n) is 9.85. The standard InChI is InChI=1S/C22H27FN4O2/c1-17(18-6-3-2-4-7-18)24-15-22(29)27-12-10-26(11-13-27)16-21(28)25-20-9-5-8-19(23)14-20/h2-9,14,17,24H,10-13,15-16H2,1H3,(H,25,28)/t17-/m1/s1. The molecule has 0 aliphatic carbocycles. The summed E-state index contributed by atoms with van der Waals surface area (Å²) in [6.07, 6.45) is 0. The van der Waals surface area contributed by atoms with Crippen molar-refractivity contribution in [1.29, 1.82) is 0 Å². The minimum atomic E-state index is -0.384. The van der Waals surface area contributed by atoms with E-state index in [9.17, 15) is 14.0 Å². The van der Waals surface area contributed by atoms with Crippen molar-refractivity contribution in [3.63, 3.8) is 0 Å². The summed E-state index contributed by atoms with van der Waals surface area (Å²) in [4.78, 5) is 28.4.